The van der Waals surface area contributed by atoms with Gasteiger partial charge >= 0.3 is 0 Å². The van der Waals surface area contributed by atoms with E-state index in [0.717, 1.165) is 39.2 Å². The largest absolute Gasteiger partial charge is 0.228 e. The van der Waals surface area contributed by atoms with Crippen molar-refractivity contribution in [1.82, 2.24) is 9.97 Å². The second-order valence-corrected chi connectivity index (χ2v) is 20.0. The molecule has 2 aliphatic rings. The van der Waals surface area contributed by atoms with Gasteiger partial charge < -0.3 is 0 Å². The van der Waals surface area contributed by atoms with Gasteiger partial charge in [0, 0.05) is 22.1 Å². The third kappa shape index (κ3) is 6.28. The monoisotopic (exact) mass is 916 g/mol. The minimum Gasteiger partial charge on any atom is -0.228 e. The van der Waals surface area contributed by atoms with Gasteiger partial charge in [-0.2, -0.15) is 0 Å². The van der Waals surface area contributed by atoms with Crippen molar-refractivity contribution in [3.8, 4) is 78.4 Å². The lowest BCUT2D eigenvalue weighted by atomic mass is 9.67. The molecule has 0 radical (unpaired) electrons. The second-order valence-electron chi connectivity index (χ2n) is 20.0. The van der Waals surface area contributed by atoms with E-state index in [1.54, 1.807) is 0 Å². The molecule has 12 aromatic rings. The summed E-state index contributed by atoms with van der Waals surface area (Å²) in [6, 6.07) is 93.5. The van der Waals surface area contributed by atoms with Gasteiger partial charge in [0.25, 0.3) is 0 Å². The number of hydrogen-bond acceptors (Lipinski definition) is 2. The predicted octanol–water partition coefficient (Wildman–Crippen LogP) is 17.8. The van der Waals surface area contributed by atoms with Crippen molar-refractivity contribution >= 4 is 21.5 Å². The minimum atomic E-state index is -0.519. The van der Waals surface area contributed by atoms with Crippen molar-refractivity contribution in [3.05, 3.63) is 288 Å². The van der Waals surface area contributed by atoms with Gasteiger partial charge in [0.15, 0.2) is 5.82 Å². The molecule has 2 aliphatic carbocycles. The Labute approximate surface area is 420 Å². The molecular formula is C70H48N2. The molecule has 0 saturated carbocycles. The number of nitrogens with zero attached hydrogens (tertiary/aromatic N) is 2. The second kappa shape index (κ2) is 16.3. The van der Waals surface area contributed by atoms with E-state index in [1.807, 2.05) is 0 Å². The Bertz CT molecular complexity index is 4070. The van der Waals surface area contributed by atoms with E-state index >= 15 is 0 Å². The maximum Gasteiger partial charge on any atom is 0.160 e. The lowest BCUT2D eigenvalue weighted by Crippen LogP contribution is -2.28. The topological polar surface area (TPSA) is 25.8 Å². The zero-order valence-electron chi connectivity index (χ0n) is 40.1. The fraction of sp³-hybridized carbons (Fsp3) is 0.0571. The van der Waals surface area contributed by atoms with E-state index in [4.69, 9.17) is 9.97 Å². The molecule has 0 bridgehead atoms. The van der Waals surface area contributed by atoms with Crippen molar-refractivity contribution in [2.24, 2.45) is 0 Å². The maximum atomic E-state index is 5.55. The Morgan fingerprint density at radius 1 is 0.292 bits per heavy atom. The molecule has 14 rings (SSSR count). The van der Waals surface area contributed by atoms with Gasteiger partial charge in [0.05, 0.1) is 16.8 Å². The molecule has 2 heteroatoms. The first-order valence-electron chi connectivity index (χ1n) is 25.1. The third-order valence-corrected chi connectivity index (χ3v) is 15.8. The molecule has 72 heavy (non-hydrogen) atoms. The Hall–Kier alpha value is -8.98. The molecule has 0 fully saturated rings. The van der Waals surface area contributed by atoms with Crippen LogP contribution >= 0.6 is 0 Å². The smallest absolute Gasteiger partial charge is 0.160 e. The van der Waals surface area contributed by atoms with Crippen molar-refractivity contribution < 1.29 is 0 Å². The predicted molar refractivity (Wildman–Crippen MR) is 299 cm³/mol. The molecule has 11 aromatic carbocycles. The van der Waals surface area contributed by atoms with Gasteiger partial charge in [-0.1, -0.05) is 244 Å². The van der Waals surface area contributed by atoms with E-state index in [1.165, 1.54) is 88.3 Å². The molecule has 1 aromatic heterocycles. The Kier molecular flexibility index (Phi) is 9.50. The summed E-state index contributed by atoms with van der Waals surface area (Å²) in [5, 5.41) is 4.90. The number of benzene rings is 11. The first-order chi connectivity index (χ1) is 35.5. The van der Waals surface area contributed by atoms with Gasteiger partial charge in [-0.15, -0.1) is 0 Å². The Morgan fingerprint density at radius 3 is 1.57 bits per heavy atom. The zero-order valence-corrected chi connectivity index (χ0v) is 40.1. The Morgan fingerprint density at radius 2 is 0.833 bits per heavy atom. The number of fused-ring (bicyclic) bond motifs is 8. The molecule has 0 aliphatic heterocycles. The van der Waals surface area contributed by atoms with Crippen LogP contribution in [0.3, 0.4) is 0 Å². The highest BCUT2D eigenvalue weighted by atomic mass is 14.9. The molecule has 338 valence electrons. The van der Waals surface area contributed by atoms with Crippen LogP contribution in [-0.2, 0) is 10.8 Å². The van der Waals surface area contributed by atoms with Crippen LogP contribution in [0.5, 0.6) is 0 Å². The molecule has 0 saturated heterocycles. The Balaban J connectivity index is 1.00. The summed E-state index contributed by atoms with van der Waals surface area (Å²) in [7, 11) is 0. The van der Waals surface area contributed by atoms with Crippen LogP contribution in [0.2, 0.25) is 0 Å². The SMILES string of the molecule is CC1(C)c2cc3ccccc3cc2-c2c(-c3c(-c4cc(-c5ccccc5-c5ccc6c(c5)C(c5ccccc5)(c5ccccc5)c5ccccc5-6)nc(-c5ccccc5)n4)ccc4ccccc34)cccc21. The standard InChI is InChI=1S/C70H48N2/c1-69(2)61-36-20-34-58(67(61)59-41-47-24-12-13-25-48(47)42-62(59)69)66-53-31-15-14-21-45(53)37-40-57(66)65-44-64(71-68(72-65)46-22-6-3-7-23-46)56-33-17-16-30-52(56)49-38-39-55-54-32-18-19-35-60(54)70(63(55)43-49,50-26-8-4-9-27-50)51-28-10-5-11-29-51/h3-44H,1-2H3. The molecule has 2 nitrogen and oxygen atoms in total. The lowest BCUT2D eigenvalue weighted by Gasteiger charge is -2.34. The number of rotatable bonds is 7. The highest BCUT2D eigenvalue weighted by Crippen LogP contribution is 2.58. The van der Waals surface area contributed by atoms with Crippen LogP contribution in [-0.4, -0.2) is 9.97 Å². The van der Waals surface area contributed by atoms with E-state index in [2.05, 4.69) is 269 Å². The molecule has 0 spiro atoms. The van der Waals surface area contributed by atoms with Crippen LogP contribution in [0.1, 0.15) is 47.2 Å². The molecule has 0 N–H and O–H groups in total. The van der Waals surface area contributed by atoms with E-state index in [0.29, 0.717) is 5.82 Å². The number of aromatic nitrogens is 2. The van der Waals surface area contributed by atoms with Crippen molar-refractivity contribution in [1.29, 1.82) is 0 Å². The van der Waals surface area contributed by atoms with Crippen LogP contribution in [0, 0.1) is 0 Å². The quantitative estimate of drug-likeness (QED) is 0.159. The van der Waals surface area contributed by atoms with E-state index in [-0.39, 0.29) is 5.41 Å². The van der Waals surface area contributed by atoms with Crippen molar-refractivity contribution in [2.75, 3.05) is 0 Å². The maximum absolute atomic E-state index is 5.55. The zero-order chi connectivity index (χ0) is 48.0. The molecule has 0 unspecified atom stereocenters. The van der Waals surface area contributed by atoms with Gasteiger partial charge in [0.1, 0.15) is 0 Å². The fourth-order valence-corrected chi connectivity index (χ4v) is 12.5. The number of hydrogen-bond donors (Lipinski definition) is 0. The summed E-state index contributed by atoms with van der Waals surface area (Å²) in [4.78, 5) is 11.1. The summed E-state index contributed by atoms with van der Waals surface area (Å²) in [5.74, 6) is 0.685. The first kappa shape index (κ1) is 41.9. The van der Waals surface area contributed by atoms with Crippen LogP contribution in [0.15, 0.2) is 255 Å². The molecule has 0 atom stereocenters. The van der Waals surface area contributed by atoms with E-state index in [9.17, 15) is 0 Å². The normalized spacial score (nSPS) is 13.6. The lowest BCUT2D eigenvalue weighted by molar-refractivity contribution is 0.661. The van der Waals surface area contributed by atoms with Gasteiger partial charge in [-0.25, -0.2) is 9.97 Å². The summed E-state index contributed by atoms with van der Waals surface area (Å²) >= 11 is 0. The fourth-order valence-electron chi connectivity index (χ4n) is 12.5. The van der Waals surface area contributed by atoms with E-state index < -0.39 is 5.41 Å². The summed E-state index contributed by atoms with van der Waals surface area (Å²) in [6.45, 7) is 4.76. The highest BCUT2D eigenvalue weighted by molar-refractivity contribution is 6.09. The van der Waals surface area contributed by atoms with Crippen LogP contribution in [0.4, 0.5) is 0 Å². The summed E-state index contributed by atoms with van der Waals surface area (Å²) in [6.07, 6.45) is 0. The minimum absolute atomic E-state index is 0.191. The average Bonchev–Trinajstić information content (AvgIpc) is 3.87. The van der Waals surface area contributed by atoms with Gasteiger partial charge in [-0.3, -0.25) is 0 Å². The highest BCUT2D eigenvalue weighted by Gasteiger charge is 2.46. The average molecular weight is 917 g/mol. The van der Waals surface area contributed by atoms with Gasteiger partial charge in [-0.05, 0) is 124 Å². The first-order valence-corrected chi connectivity index (χ1v) is 25.1. The van der Waals surface area contributed by atoms with Crippen molar-refractivity contribution in [2.45, 2.75) is 24.7 Å². The van der Waals surface area contributed by atoms with Crippen LogP contribution in [0.25, 0.3) is 100.0 Å². The molecular weight excluding hydrogens is 869 g/mol. The third-order valence-electron chi connectivity index (χ3n) is 15.8. The van der Waals surface area contributed by atoms with Gasteiger partial charge in [0.2, 0.25) is 0 Å². The van der Waals surface area contributed by atoms with Crippen molar-refractivity contribution in [3.63, 3.8) is 0 Å². The summed E-state index contributed by atoms with van der Waals surface area (Å²) in [5.41, 5.74) is 21.6. The summed E-state index contributed by atoms with van der Waals surface area (Å²) < 4.78 is 0. The van der Waals surface area contributed by atoms with Crippen LogP contribution < -0.4 is 0 Å². The molecule has 0 amide bonds. The molecule has 1 heterocycles.